The van der Waals surface area contributed by atoms with Gasteiger partial charge in [-0.05, 0) is 25.2 Å². The second-order valence-corrected chi connectivity index (χ2v) is 7.05. The Morgan fingerprint density at radius 3 is 2.90 bits per heavy atom. The van der Waals surface area contributed by atoms with Crippen molar-refractivity contribution in [2.45, 2.75) is 31.4 Å². The standard InChI is InChI=1S/C16H25N3O2/c1-18-7-14(6-17-18)8-19-11-16(12-19)15(4-5-21-16)10-20-9-13-2-3-13/h6-7,13,15H,2-5,8-12H2,1H3/t15-/m0/s1. The van der Waals surface area contributed by atoms with Crippen LogP contribution >= 0.6 is 0 Å². The van der Waals surface area contributed by atoms with Crippen LogP contribution in [0.2, 0.25) is 0 Å². The van der Waals surface area contributed by atoms with Crippen molar-refractivity contribution in [3.63, 3.8) is 0 Å². The minimum atomic E-state index is 0.0752. The number of likely N-dealkylation sites (tertiary alicyclic amines) is 1. The highest BCUT2D eigenvalue weighted by Gasteiger charge is 2.52. The lowest BCUT2D eigenvalue weighted by molar-refractivity contribution is -0.146. The van der Waals surface area contributed by atoms with Gasteiger partial charge in [0.1, 0.15) is 0 Å². The number of rotatable bonds is 6. The van der Waals surface area contributed by atoms with Gasteiger partial charge in [-0.25, -0.2) is 0 Å². The van der Waals surface area contributed by atoms with Crippen molar-refractivity contribution >= 4 is 0 Å². The molecule has 3 aliphatic rings. The second kappa shape index (κ2) is 5.38. The predicted molar refractivity (Wildman–Crippen MR) is 78.8 cm³/mol. The molecule has 0 aromatic carbocycles. The summed E-state index contributed by atoms with van der Waals surface area (Å²) in [6, 6.07) is 0. The lowest BCUT2D eigenvalue weighted by atomic mass is 9.81. The Kier molecular flexibility index (Phi) is 3.52. The average Bonchev–Trinajstić information content (AvgIpc) is 3.01. The summed E-state index contributed by atoms with van der Waals surface area (Å²) in [5.74, 6) is 1.44. The van der Waals surface area contributed by atoms with Crippen LogP contribution in [0.1, 0.15) is 24.8 Å². The van der Waals surface area contributed by atoms with E-state index in [1.807, 2.05) is 17.9 Å². The van der Waals surface area contributed by atoms with Crippen LogP contribution in [0.25, 0.3) is 0 Å². The third-order valence-corrected chi connectivity index (χ3v) is 5.12. The van der Waals surface area contributed by atoms with E-state index in [1.54, 1.807) is 0 Å². The first kappa shape index (κ1) is 13.7. The molecule has 0 N–H and O–H groups in total. The van der Waals surface area contributed by atoms with Crippen molar-refractivity contribution in [1.82, 2.24) is 14.7 Å². The third kappa shape index (κ3) is 2.87. The minimum Gasteiger partial charge on any atom is -0.381 e. The number of aromatic nitrogens is 2. The summed E-state index contributed by atoms with van der Waals surface area (Å²) < 4.78 is 13.9. The van der Waals surface area contributed by atoms with E-state index in [1.165, 1.54) is 18.4 Å². The number of nitrogens with zero attached hydrogens (tertiary/aromatic N) is 3. The van der Waals surface area contributed by atoms with Crippen molar-refractivity contribution < 1.29 is 9.47 Å². The van der Waals surface area contributed by atoms with E-state index in [4.69, 9.17) is 9.47 Å². The van der Waals surface area contributed by atoms with E-state index >= 15 is 0 Å². The summed E-state index contributed by atoms with van der Waals surface area (Å²) in [5.41, 5.74) is 1.36. The van der Waals surface area contributed by atoms with Crippen LogP contribution in [0.15, 0.2) is 12.4 Å². The highest BCUT2D eigenvalue weighted by Crippen LogP contribution is 2.41. The largest absolute Gasteiger partial charge is 0.381 e. The molecular weight excluding hydrogens is 266 g/mol. The quantitative estimate of drug-likeness (QED) is 0.795. The highest BCUT2D eigenvalue weighted by atomic mass is 16.5. The van der Waals surface area contributed by atoms with Crippen LogP contribution in [0.5, 0.6) is 0 Å². The SMILES string of the molecule is Cn1cc(CN2CC3(C2)OCC[C@H]3COCC2CC2)cn1. The molecule has 5 nitrogen and oxygen atoms in total. The molecule has 3 heterocycles. The molecule has 0 radical (unpaired) electrons. The molecule has 116 valence electrons. The molecule has 0 bridgehead atoms. The Balaban J connectivity index is 1.27. The number of aryl methyl sites for hydroxylation is 1. The van der Waals surface area contributed by atoms with E-state index in [2.05, 4.69) is 16.2 Å². The van der Waals surface area contributed by atoms with Crippen LogP contribution in [0.3, 0.4) is 0 Å². The molecule has 2 saturated heterocycles. The topological polar surface area (TPSA) is 39.5 Å². The zero-order chi connectivity index (χ0) is 14.3. The molecule has 1 atom stereocenters. The van der Waals surface area contributed by atoms with Crippen LogP contribution < -0.4 is 0 Å². The van der Waals surface area contributed by atoms with Crippen LogP contribution in [0, 0.1) is 11.8 Å². The van der Waals surface area contributed by atoms with Gasteiger partial charge in [0.25, 0.3) is 0 Å². The summed E-state index contributed by atoms with van der Waals surface area (Å²) >= 11 is 0. The van der Waals surface area contributed by atoms with Gasteiger partial charge in [-0.2, -0.15) is 5.10 Å². The van der Waals surface area contributed by atoms with Gasteiger partial charge in [0.05, 0.1) is 18.4 Å². The minimum absolute atomic E-state index is 0.0752. The van der Waals surface area contributed by atoms with Crippen molar-refractivity contribution in [1.29, 1.82) is 0 Å². The Bertz CT molecular complexity index is 491. The fourth-order valence-electron chi connectivity index (χ4n) is 3.67. The molecule has 0 unspecified atom stereocenters. The average molecular weight is 291 g/mol. The smallest absolute Gasteiger partial charge is 0.0985 e. The molecule has 4 rings (SSSR count). The molecule has 0 amide bonds. The first-order valence-corrected chi connectivity index (χ1v) is 8.15. The van der Waals surface area contributed by atoms with Gasteiger partial charge in [0, 0.05) is 57.6 Å². The summed E-state index contributed by atoms with van der Waals surface area (Å²) in [6.07, 6.45) is 7.94. The first-order chi connectivity index (χ1) is 10.2. The number of ether oxygens (including phenoxy) is 2. The van der Waals surface area contributed by atoms with Gasteiger partial charge < -0.3 is 9.47 Å². The van der Waals surface area contributed by atoms with Crippen molar-refractivity contribution in [2.75, 3.05) is 32.9 Å². The maximum atomic E-state index is 6.09. The lowest BCUT2D eigenvalue weighted by Gasteiger charge is -2.50. The molecule has 1 aliphatic carbocycles. The number of hydrogen-bond acceptors (Lipinski definition) is 4. The normalized spacial score (nSPS) is 28.1. The second-order valence-electron chi connectivity index (χ2n) is 7.05. The van der Waals surface area contributed by atoms with Gasteiger partial charge in [-0.1, -0.05) is 0 Å². The number of hydrogen-bond donors (Lipinski definition) is 0. The zero-order valence-electron chi connectivity index (χ0n) is 12.8. The Hall–Kier alpha value is -0.910. The van der Waals surface area contributed by atoms with Crippen molar-refractivity contribution in [3.8, 4) is 0 Å². The summed E-state index contributed by atoms with van der Waals surface area (Å²) in [4.78, 5) is 2.45. The lowest BCUT2D eigenvalue weighted by Crippen LogP contribution is -2.64. The van der Waals surface area contributed by atoms with E-state index in [0.29, 0.717) is 5.92 Å². The molecular formula is C16H25N3O2. The van der Waals surface area contributed by atoms with Crippen LogP contribution in [0.4, 0.5) is 0 Å². The predicted octanol–water partition coefficient (Wildman–Crippen LogP) is 1.44. The highest BCUT2D eigenvalue weighted by molar-refractivity contribution is 5.10. The van der Waals surface area contributed by atoms with Crippen molar-refractivity contribution in [3.05, 3.63) is 18.0 Å². The molecule has 1 saturated carbocycles. The Morgan fingerprint density at radius 2 is 2.19 bits per heavy atom. The summed E-state index contributed by atoms with van der Waals surface area (Å²) in [7, 11) is 1.97. The van der Waals surface area contributed by atoms with Gasteiger partial charge in [-0.3, -0.25) is 9.58 Å². The van der Waals surface area contributed by atoms with Gasteiger partial charge >= 0.3 is 0 Å². The van der Waals surface area contributed by atoms with Gasteiger partial charge in [-0.15, -0.1) is 0 Å². The maximum absolute atomic E-state index is 6.09. The maximum Gasteiger partial charge on any atom is 0.0985 e. The molecule has 21 heavy (non-hydrogen) atoms. The Labute approximate surface area is 126 Å². The molecule has 1 aromatic heterocycles. The van der Waals surface area contributed by atoms with E-state index in [0.717, 1.165) is 51.8 Å². The monoisotopic (exact) mass is 291 g/mol. The first-order valence-electron chi connectivity index (χ1n) is 8.15. The van der Waals surface area contributed by atoms with Crippen molar-refractivity contribution in [2.24, 2.45) is 18.9 Å². The molecule has 1 spiro atoms. The summed E-state index contributed by atoms with van der Waals surface area (Å²) in [6.45, 7) is 5.81. The molecule has 5 heteroatoms. The molecule has 3 fully saturated rings. The fourth-order valence-corrected chi connectivity index (χ4v) is 3.67. The van der Waals surface area contributed by atoms with E-state index in [-0.39, 0.29) is 5.60 Å². The zero-order valence-corrected chi connectivity index (χ0v) is 12.8. The van der Waals surface area contributed by atoms with Gasteiger partial charge in [0.15, 0.2) is 0 Å². The molecule has 1 aromatic rings. The van der Waals surface area contributed by atoms with E-state index in [9.17, 15) is 0 Å². The van der Waals surface area contributed by atoms with Crippen LogP contribution in [-0.4, -0.2) is 53.2 Å². The fraction of sp³-hybridized carbons (Fsp3) is 0.812. The molecule has 2 aliphatic heterocycles. The Morgan fingerprint density at radius 1 is 1.33 bits per heavy atom. The van der Waals surface area contributed by atoms with Crippen LogP contribution in [-0.2, 0) is 23.1 Å². The third-order valence-electron chi connectivity index (χ3n) is 5.12. The van der Waals surface area contributed by atoms with Gasteiger partial charge in [0.2, 0.25) is 0 Å². The summed E-state index contributed by atoms with van der Waals surface area (Å²) in [5, 5.41) is 4.23. The van der Waals surface area contributed by atoms with E-state index < -0.39 is 0 Å².